The number of likely N-dealkylation sites (tertiary alicyclic amines) is 1. The van der Waals surface area contributed by atoms with Crippen LogP contribution in [0, 0.1) is 6.92 Å². The molecule has 10 heteroatoms. The minimum absolute atomic E-state index is 0.0491. The van der Waals surface area contributed by atoms with E-state index in [2.05, 4.69) is 26.6 Å². The Kier molecular flexibility index (Phi) is 6.57. The molecule has 0 spiro atoms. The third kappa shape index (κ3) is 4.67. The normalized spacial score (nSPS) is 15.8. The van der Waals surface area contributed by atoms with Crippen LogP contribution in [0.2, 0.25) is 0 Å². The average molecular weight is 518 g/mol. The minimum atomic E-state index is -0.693. The van der Waals surface area contributed by atoms with Gasteiger partial charge >= 0.3 is 0 Å². The molecule has 1 aliphatic rings. The Labute approximate surface area is 197 Å². The fourth-order valence-corrected chi connectivity index (χ4v) is 4.18. The Balaban J connectivity index is 1.42. The number of hydrogen-bond donors (Lipinski definition) is 4. The number of anilines is 3. The van der Waals surface area contributed by atoms with Crippen LogP contribution in [0.4, 0.5) is 17.1 Å². The van der Waals surface area contributed by atoms with Gasteiger partial charge in [0.2, 0.25) is 0 Å². The number of aryl methyl sites for hydroxylation is 2. The fourth-order valence-electron chi connectivity index (χ4n) is 3.84. The van der Waals surface area contributed by atoms with Crippen molar-refractivity contribution in [3.8, 4) is 5.75 Å². The maximum Gasteiger partial charge on any atom is 0.257 e. The summed E-state index contributed by atoms with van der Waals surface area (Å²) < 4.78 is 6.50. The number of rotatable bonds is 8. The first kappa shape index (κ1) is 23.1. The van der Waals surface area contributed by atoms with Gasteiger partial charge in [-0.1, -0.05) is 6.07 Å². The van der Waals surface area contributed by atoms with Crippen LogP contribution < -0.4 is 21.5 Å². The number of aliphatic hydroxyl groups excluding tert-OH is 1. The molecule has 2 heterocycles. The van der Waals surface area contributed by atoms with E-state index in [-0.39, 0.29) is 34.9 Å². The molecule has 1 amide bonds. The zero-order valence-corrected chi connectivity index (χ0v) is 19.6. The van der Waals surface area contributed by atoms with Gasteiger partial charge in [-0.2, -0.15) is 0 Å². The molecule has 33 heavy (non-hydrogen) atoms. The van der Waals surface area contributed by atoms with Crippen molar-refractivity contribution in [3.63, 3.8) is 0 Å². The lowest BCUT2D eigenvalue weighted by Crippen LogP contribution is -2.37. The molecule has 1 atom stereocenters. The molecule has 0 unspecified atom stereocenters. The standard InChI is InChI=1S/C23H24BrN3O6/c1-12-16(24)10-14(33-12)4-3-8-25-18-19(22(31)21(18)30)26-17-6-2-5-15(20(17)29)23(32)27-9-7-13(28)11-27/h2,5-6,10,13,25-26,28-29H,3-4,7-9,11H2,1H3/t13-/m0/s1. The van der Waals surface area contributed by atoms with Gasteiger partial charge in [-0.15, -0.1) is 0 Å². The molecule has 4 N–H and O–H groups in total. The number of halogens is 1. The lowest BCUT2D eigenvalue weighted by atomic mass is 10.1. The molecule has 2 aromatic carbocycles. The number of nitrogens with zero attached hydrogens (tertiary/aromatic N) is 1. The molecule has 1 aliphatic heterocycles. The number of phenols is 1. The van der Waals surface area contributed by atoms with Gasteiger partial charge in [-0.3, -0.25) is 14.4 Å². The number of amides is 1. The molecule has 1 aromatic heterocycles. The second kappa shape index (κ2) is 9.40. The van der Waals surface area contributed by atoms with E-state index in [1.165, 1.54) is 17.0 Å². The zero-order chi connectivity index (χ0) is 23.7. The Morgan fingerprint density at radius 2 is 2.03 bits per heavy atom. The van der Waals surface area contributed by atoms with Crippen LogP contribution in [0.15, 0.2) is 42.7 Å². The fraction of sp³-hybridized carbons (Fsp3) is 0.348. The van der Waals surface area contributed by atoms with Crippen molar-refractivity contribution < 1.29 is 19.4 Å². The molecule has 3 aromatic rings. The molecule has 0 bridgehead atoms. The third-order valence-electron chi connectivity index (χ3n) is 5.70. The van der Waals surface area contributed by atoms with E-state index in [1.807, 2.05) is 13.0 Å². The molecular formula is C23H24BrN3O6. The molecule has 0 aliphatic carbocycles. The quantitative estimate of drug-likeness (QED) is 0.203. The highest BCUT2D eigenvalue weighted by molar-refractivity contribution is 9.10. The van der Waals surface area contributed by atoms with Crippen molar-refractivity contribution in [3.05, 3.63) is 66.3 Å². The van der Waals surface area contributed by atoms with Crippen molar-refractivity contribution in [2.75, 3.05) is 30.3 Å². The highest BCUT2D eigenvalue weighted by Crippen LogP contribution is 2.32. The van der Waals surface area contributed by atoms with Crippen molar-refractivity contribution in [1.29, 1.82) is 0 Å². The monoisotopic (exact) mass is 517 g/mol. The second-order valence-electron chi connectivity index (χ2n) is 8.08. The second-order valence-corrected chi connectivity index (χ2v) is 8.93. The number of furan rings is 1. The predicted octanol–water partition coefficient (Wildman–Crippen LogP) is 2.65. The maximum absolute atomic E-state index is 12.7. The van der Waals surface area contributed by atoms with E-state index in [0.717, 1.165) is 16.0 Å². The van der Waals surface area contributed by atoms with E-state index in [9.17, 15) is 24.6 Å². The Bertz CT molecular complexity index is 1240. The van der Waals surface area contributed by atoms with Crippen LogP contribution in [0.25, 0.3) is 0 Å². The Morgan fingerprint density at radius 3 is 2.70 bits per heavy atom. The van der Waals surface area contributed by atoms with Gasteiger partial charge in [0.1, 0.15) is 22.9 Å². The summed E-state index contributed by atoms with van der Waals surface area (Å²) in [6.07, 6.45) is 1.25. The molecule has 0 radical (unpaired) electrons. The van der Waals surface area contributed by atoms with Gasteiger partial charge in [-0.05, 0) is 53.9 Å². The Morgan fingerprint density at radius 1 is 1.27 bits per heavy atom. The molecule has 1 saturated heterocycles. The maximum atomic E-state index is 12.7. The van der Waals surface area contributed by atoms with Crippen LogP contribution in [-0.2, 0) is 6.42 Å². The summed E-state index contributed by atoms with van der Waals surface area (Å²) in [7, 11) is 0. The zero-order valence-electron chi connectivity index (χ0n) is 18.0. The van der Waals surface area contributed by atoms with Gasteiger partial charge in [0.05, 0.1) is 21.8 Å². The lowest BCUT2D eigenvalue weighted by Gasteiger charge is -2.19. The summed E-state index contributed by atoms with van der Waals surface area (Å²) in [5, 5.41) is 26.1. The van der Waals surface area contributed by atoms with Crippen LogP contribution >= 0.6 is 15.9 Å². The number of aliphatic hydroxyl groups is 1. The largest absolute Gasteiger partial charge is 0.505 e. The number of aromatic hydroxyl groups is 1. The number of phenolic OH excluding ortho intramolecular Hbond substituents is 1. The van der Waals surface area contributed by atoms with Gasteiger partial charge in [0, 0.05) is 26.1 Å². The van der Waals surface area contributed by atoms with Crippen molar-refractivity contribution in [2.45, 2.75) is 32.3 Å². The summed E-state index contributed by atoms with van der Waals surface area (Å²) in [4.78, 5) is 38.4. The number of benzene rings is 1. The highest BCUT2D eigenvalue weighted by atomic mass is 79.9. The summed E-state index contributed by atoms with van der Waals surface area (Å²) >= 11 is 3.40. The number of carbonyl (C=O) groups is 1. The number of para-hydroxylation sites is 1. The van der Waals surface area contributed by atoms with Gasteiger partial charge < -0.3 is 30.2 Å². The van der Waals surface area contributed by atoms with Crippen LogP contribution in [-0.4, -0.2) is 46.8 Å². The van der Waals surface area contributed by atoms with Crippen molar-refractivity contribution in [1.82, 2.24) is 4.90 Å². The van der Waals surface area contributed by atoms with Crippen LogP contribution in [0.5, 0.6) is 5.75 Å². The van der Waals surface area contributed by atoms with Crippen LogP contribution in [0.1, 0.15) is 34.7 Å². The lowest BCUT2D eigenvalue weighted by molar-refractivity contribution is 0.0762. The highest BCUT2D eigenvalue weighted by Gasteiger charge is 2.28. The predicted molar refractivity (Wildman–Crippen MR) is 127 cm³/mol. The molecular weight excluding hydrogens is 494 g/mol. The number of carbonyl (C=O) groups excluding carboxylic acids is 1. The molecule has 0 saturated carbocycles. The summed E-state index contributed by atoms with van der Waals surface area (Å²) in [5.41, 5.74) is -0.925. The van der Waals surface area contributed by atoms with Gasteiger partial charge in [-0.25, -0.2) is 0 Å². The van der Waals surface area contributed by atoms with E-state index in [1.54, 1.807) is 6.07 Å². The van der Waals surface area contributed by atoms with E-state index >= 15 is 0 Å². The molecule has 9 nitrogen and oxygen atoms in total. The number of nitrogens with one attached hydrogen (secondary N) is 2. The first-order valence-corrected chi connectivity index (χ1v) is 11.4. The molecule has 1 fully saturated rings. The summed E-state index contributed by atoms with van der Waals surface area (Å²) in [6.45, 7) is 2.91. The van der Waals surface area contributed by atoms with Gasteiger partial charge in [0.15, 0.2) is 5.75 Å². The minimum Gasteiger partial charge on any atom is -0.505 e. The molecule has 4 rings (SSSR count). The van der Waals surface area contributed by atoms with E-state index in [4.69, 9.17) is 4.42 Å². The summed E-state index contributed by atoms with van der Waals surface area (Å²) in [6, 6.07) is 6.47. The first-order chi connectivity index (χ1) is 15.8. The van der Waals surface area contributed by atoms with Crippen molar-refractivity contribution >= 4 is 38.9 Å². The number of β-amino-alcohol motifs (C(OH)–C–C–N with tert-alkyl or cyclic N) is 1. The molecule has 174 valence electrons. The first-order valence-electron chi connectivity index (χ1n) is 10.6. The SMILES string of the molecule is Cc1oc(CCCNc2c(Nc3cccc(C(=O)N4CC[C@H](O)C4)c3O)c(=O)c2=O)cc1Br. The summed E-state index contributed by atoms with van der Waals surface area (Å²) in [5.74, 6) is 0.896. The topological polar surface area (TPSA) is 132 Å². The van der Waals surface area contributed by atoms with Crippen molar-refractivity contribution in [2.24, 2.45) is 0 Å². The Hall–Kier alpha value is -3.11. The van der Waals surface area contributed by atoms with Crippen LogP contribution in [0.3, 0.4) is 0 Å². The third-order valence-corrected chi connectivity index (χ3v) is 6.48. The van der Waals surface area contributed by atoms with Gasteiger partial charge in [0.25, 0.3) is 16.8 Å². The van der Waals surface area contributed by atoms with E-state index in [0.29, 0.717) is 32.4 Å². The number of hydrogen-bond acceptors (Lipinski definition) is 8. The van der Waals surface area contributed by atoms with E-state index < -0.39 is 22.9 Å². The average Bonchev–Trinajstić information content (AvgIpc) is 3.37. The smallest absolute Gasteiger partial charge is 0.257 e.